The number of hydrogen-bond donors (Lipinski definition) is 0. The van der Waals surface area contributed by atoms with E-state index in [-0.39, 0.29) is 17.8 Å². The van der Waals surface area contributed by atoms with Crippen LogP contribution < -0.4 is 0 Å². The van der Waals surface area contributed by atoms with Gasteiger partial charge in [-0.2, -0.15) is 0 Å². The zero-order valence-electron chi connectivity index (χ0n) is 15.7. The summed E-state index contributed by atoms with van der Waals surface area (Å²) < 4.78 is 19.5. The van der Waals surface area contributed by atoms with Gasteiger partial charge in [0.15, 0.2) is 5.78 Å². The van der Waals surface area contributed by atoms with E-state index >= 15 is 0 Å². The highest BCUT2D eigenvalue weighted by molar-refractivity contribution is 6.02. The van der Waals surface area contributed by atoms with Crippen molar-refractivity contribution in [3.8, 4) is 11.1 Å². The van der Waals surface area contributed by atoms with Crippen LogP contribution in [0.1, 0.15) is 46.9 Å². The number of carbonyl (C=O) groups excluding carboxylic acids is 2. The molecule has 3 rings (SSSR count). The lowest BCUT2D eigenvalue weighted by Gasteiger charge is -2.27. The van der Waals surface area contributed by atoms with Crippen molar-refractivity contribution in [3.63, 3.8) is 0 Å². The maximum absolute atomic E-state index is 13.7. The van der Waals surface area contributed by atoms with E-state index in [9.17, 15) is 14.0 Å². The van der Waals surface area contributed by atoms with E-state index in [4.69, 9.17) is 4.74 Å². The van der Waals surface area contributed by atoms with Gasteiger partial charge in [0, 0.05) is 31.3 Å². The van der Waals surface area contributed by atoms with Crippen LogP contribution >= 0.6 is 0 Å². The zero-order valence-corrected chi connectivity index (χ0v) is 15.7. The van der Waals surface area contributed by atoms with Gasteiger partial charge in [0.05, 0.1) is 6.10 Å². The standard InChI is InChI=1S/C22H24FNO3/c1-15(25)20-10-9-18(23)13-21(20)16-6-5-7-17(12-16)22(26)24(2)14-19-8-3-4-11-27-19/h5-7,9-10,12-13,19H,3-4,8,11,14H2,1-2H3/t19-/m0/s1. The Hall–Kier alpha value is -2.53. The number of carbonyl (C=O) groups is 2. The molecule has 1 saturated heterocycles. The molecule has 0 aliphatic carbocycles. The Kier molecular flexibility index (Phi) is 6.01. The summed E-state index contributed by atoms with van der Waals surface area (Å²) in [5.74, 6) is -0.682. The Morgan fingerprint density at radius 1 is 1.19 bits per heavy atom. The number of ketones is 1. The van der Waals surface area contributed by atoms with Gasteiger partial charge >= 0.3 is 0 Å². The minimum Gasteiger partial charge on any atom is -0.376 e. The minimum absolute atomic E-state index is 0.0726. The lowest BCUT2D eigenvalue weighted by molar-refractivity contribution is -0.000186. The topological polar surface area (TPSA) is 46.6 Å². The quantitative estimate of drug-likeness (QED) is 0.737. The molecule has 1 aliphatic rings. The Bertz CT molecular complexity index is 843. The van der Waals surface area contributed by atoms with Crippen molar-refractivity contribution < 1.29 is 18.7 Å². The van der Waals surface area contributed by atoms with Crippen molar-refractivity contribution in [1.82, 2.24) is 4.90 Å². The molecule has 1 heterocycles. The number of ether oxygens (including phenoxy) is 1. The second-order valence-corrected chi connectivity index (χ2v) is 7.00. The molecule has 142 valence electrons. The number of benzene rings is 2. The fraction of sp³-hybridized carbons (Fsp3) is 0.364. The summed E-state index contributed by atoms with van der Waals surface area (Å²) in [6, 6.07) is 11.1. The van der Waals surface area contributed by atoms with Gasteiger partial charge in [-0.3, -0.25) is 9.59 Å². The molecule has 0 saturated carbocycles. The van der Waals surface area contributed by atoms with E-state index in [2.05, 4.69) is 0 Å². The van der Waals surface area contributed by atoms with E-state index in [0.717, 1.165) is 25.9 Å². The van der Waals surface area contributed by atoms with Crippen molar-refractivity contribution >= 4 is 11.7 Å². The highest BCUT2D eigenvalue weighted by Gasteiger charge is 2.20. The van der Waals surface area contributed by atoms with Gasteiger partial charge in [0.25, 0.3) is 5.91 Å². The summed E-state index contributed by atoms with van der Waals surface area (Å²) in [6.45, 7) is 2.74. The van der Waals surface area contributed by atoms with Crippen molar-refractivity contribution in [2.45, 2.75) is 32.3 Å². The number of hydrogen-bond acceptors (Lipinski definition) is 3. The summed E-state index contributed by atoms with van der Waals surface area (Å²) in [4.78, 5) is 26.4. The first-order valence-corrected chi connectivity index (χ1v) is 9.23. The van der Waals surface area contributed by atoms with Crippen molar-refractivity contribution in [2.24, 2.45) is 0 Å². The molecule has 0 unspecified atom stereocenters. The fourth-order valence-electron chi connectivity index (χ4n) is 3.44. The van der Waals surface area contributed by atoms with Gasteiger partial charge < -0.3 is 9.64 Å². The van der Waals surface area contributed by atoms with Crippen LogP contribution in [-0.4, -0.2) is 42.9 Å². The summed E-state index contributed by atoms with van der Waals surface area (Å²) in [5, 5.41) is 0. The van der Waals surface area contributed by atoms with E-state index < -0.39 is 5.82 Å². The van der Waals surface area contributed by atoms with Crippen LogP contribution in [0.2, 0.25) is 0 Å². The number of likely N-dealkylation sites (N-methyl/N-ethyl adjacent to an activating group) is 1. The Morgan fingerprint density at radius 2 is 2.00 bits per heavy atom. The number of nitrogens with zero attached hydrogens (tertiary/aromatic N) is 1. The molecule has 1 aliphatic heterocycles. The Labute approximate surface area is 158 Å². The third-order valence-corrected chi connectivity index (χ3v) is 4.88. The van der Waals surface area contributed by atoms with E-state index in [1.54, 1.807) is 36.2 Å². The average Bonchev–Trinajstić information content (AvgIpc) is 2.68. The van der Waals surface area contributed by atoms with Crippen LogP contribution in [0.4, 0.5) is 4.39 Å². The van der Waals surface area contributed by atoms with Crippen LogP contribution in [0, 0.1) is 5.82 Å². The molecule has 0 aromatic heterocycles. The molecule has 2 aromatic rings. The smallest absolute Gasteiger partial charge is 0.253 e. The molecular weight excluding hydrogens is 345 g/mol. The van der Waals surface area contributed by atoms with Gasteiger partial charge in [-0.1, -0.05) is 12.1 Å². The zero-order chi connectivity index (χ0) is 19.4. The molecule has 4 nitrogen and oxygen atoms in total. The monoisotopic (exact) mass is 369 g/mol. The molecule has 0 N–H and O–H groups in total. The van der Waals surface area contributed by atoms with Crippen LogP contribution in [0.15, 0.2) is 42.5 Å². The average molecular weight is 369 g/mol. The first-order valence-electron chi connectivity index (χ1n) is 9.23. The highest BCUT2D eigenvalue weighted by atomic mass is 19.1. The number of Topliss-reactive ketones (excluding diaryl/α,β-unsaturated/α-hetero) is 1. The van der Waals surface area contributed by atoms with Crippen LogP contribution in [0.3, 0.4) is 0 Å². The molecule has 1 fully saturated rings. The number of amides is 1. The second kappa shape index (κ2) is 8.44. The van der Waals surface area contributed by atoms with Crippen molar-refractivity contribution in [1.29, 1.82) is 0 Å². The van der Waals surface area contributed by atoms with Gasteiger partial charge in [-0.15, -0.1) is 0 Å². The first-order chi connectivity index (χ1) is 13.0. The van der Waals surface area contributed by atoms with Gasteiger partial charge in [0.2, 0.25) is 0 Å². The van der Waals surface area contributed by atoms with Crippen LogP contribution in [0.5, 0.6) is 0 Å². The van der Waals surface area contributed by atoms with Crippen LogP contribution in [0.25, 0.3) is 11.1 Å². The van der Waals surface area contributed by atoms with Crippen molar-refractivity contribution in [3.05, 3.63) is 59.4 Å². The summed E-state index contributed by atoms with van der Waals surface area (Å²) in [5.41, 5.74) is 2.08. The minimum atomic E-state index is -0.418. The molecule has 0 radical (unpaired) electrons. The van der Waals surface area contributed by atoms with E-state index in [0.29, 0.717) is 28.8 Å². The van der Waals surface area contributed by atoms with Crippen molar-refractivity contribution in [2.75, 3.05) is 20.2 Å². The predicted octanol–water partition coefficient (Wildman–Crippen LogP) is 4.34. The first kappa shape index (κ1) is 19.2. The third-order valence-electron chi connectivity index (χ3n) is 4.88. The Balaban J connectivity index is 1.84. The summed E-state index contributed by atoms with van der Waals surface area (Å²) in [7, 11) is 1.76. The highest BCUT2D eigenvalue weighted by Crippen LogP contribution is 2.26. The van der Waals surface area contributed by atoms with Crippen LogP contribution in [-0.2, 0) is 4.74 Å². The molecule has 0 bridgehead atoms. The molecule has 27 heavy (non-hydrogen) atoms. The largest absolute Gasteiger partial charge is 0.376 e. The van der Waals surface area contributed by atoms with Gasteiger partial charge in [0.1, 0.15) is 5.82 Å². The van der Waals surface area contributed by atoms with E-state index in [1.807, 2.05) is 0 Å². The fourth-order valence-corrected chi connectivity index (χ4v) is 3.44. The summed E-state index contributed by atoms with van der Waals surface area (Å²) in [6.07, 6.45) is 3.23. The van der Waals surface area contributed by atoms with Gasteiger partial charge in [-0.25, -0.2) is 4.39 Å². The van der Waals surface area contributed by atoms with Gasteiger partial charge in [-0.05, 0) is 67.6 Å². The maximum Gasteiger partial charge on any atom is 0.253 e. The molecule has 0 spiro atoms. The second-order valence-electron chi connectivity index (χ2n) is 7.00. The Morgan fingerprint density at radius 3 is 2.70 bits per heavy atom. The lowest BCUT2D eigenvalue weighted by atomic mass is 9.96. The molecule has 1 atom stereocenters. The summed E-state index contributed by atoms with van der Waals surface area (Å²) >= 11 is 0. The molecule has 5 heteroatoms. The molecule has 1 amide bonds. The number of rotatable bonds is 5. The normalized spacial score (nSPS) is 16.8. The maximum atomic E-state index is 13.7. The lowest BCUT2D eigenvalue weighted by Crippen LogP contribution is -2.37. The molecule has 2 aromatic carbocycles. The predicted molar refractivity (Wildman–Crippen MR) is 102 cm³/mol. The third kappa shape index (κ3) is 4.61. The SMILES string of the molecule is CC(=O)c1ccc(F)cc1-c1cccc(C(=O)N(C)C[C@@H]2CCCCO2)c1. The molecular formula is C22H24FNO3. The number of halogens is 1. The van der Waals surface area contributed by atoms with E-state index in [1.165, 1.54) is 25.1 Å².